The quantitative estimate of drug-likeness (QED) is 0.355. The fraction of sp³-hybridized carbons (Fsp3) is 0.400. The van der Waals surface area contributed by atoms with Gasteiger partial charge in [0.15, 0.2) is 4.77 Å². The number of hydrogen-bond acceptors (Lipinski definition) is 3. The minimum absolute atomic E-state index is 0.132. The van der Waals surface area contributed by atoms with Crippen molar-refractivity contribution in [3.63, 3.8) is 0 Å². The third-order valence-electron chi connectivity index (χ3n) is 6.30. The smallest absolute Gasteiger partial charge is 0.262 e. The predicted octanol–water partition coefficient (Wildman–Crippen LogP) is 3.34. The SMILES string of the molecule is O=C(NCCC[NH+]1CCCCCC1)c1ccc2c(=O)n(Cc3ccc(Cl)cc3)c(=S)[nH]c2c1. The van der Waals surface area contributed by atoms with Crippen molar-refractivity contribution in [1.29, 1.82) is 0 Å². The minimum Gasteiger partial charge on any atom is -0.352 e. The molecule has 33 heavy (non-hydrogen) atoms. The van der Waals surface area contributed by atoms with Gasteiger partial charge in [0, 0.05) is 23.6 Å². The Bertz CT molecular complexity index is 1230. The lowest BCUT2D eigenvalue weighted by atomic mass is 10.1. The van der Waals surface area contributed by atoms with Gasteiger partial charge in [0.1, 0.15) is 0 Å². The van der Waals surface area contributed by atoms with Gasteiger partial charge < -0.3 is 15.2 Å². The van der Waals surface area contributed by atoms with E-state index in [0.717, 1.165) is 18.5 Å². The summed E-state index contributed by atoms with van der Waals surface area (Å²) in [6.45, 7) is 4.58. The highest BCUT2D eigenvalue weighted by Crippen LogP contribution is 2.13. The monoisotopic (exact) mass is 485 g/mol. The summed E-state index contributed by atoms with van der Waals surface area (Å²) >= 11 is 11.4. The van der Waals surface area contributed by atoms with Gasteiger partial charge in [0.2, 0.25) is 0 Å². The molecule has 0 unspecified atom stereocenters. The molecule has 3 aromatic rings. The number of fused-ring (bicyclic) bond motifs is 1. The van der Waals surface area contributed by atoms with E-state index in [1.807, 2.05) is 12.1 Å². The van der Waals surface area contributed by atoms with Gasteiger partial charge in [0.05, 0.1) is 37.1 Å². The first kappa shape index (κ1) is 23.7. The van der Waals surface area contributed by atoms with Crippen molar-refractivity contribution < 1.29 is 9.69 Å². The number of quaternary nitrogens is 1. The van der Waals surface area contributed by atoms with Crippen molar-refractivity contribution in [2.24, 2.45) is 0 Å². The molecule has 1 aromatic heterocycles. The average molecular weight is 486 g/mol. The van der Waals surface area contributed by atoms with Crippen LogP contribution in [-0.2, 0) is 6.54 Å². The molecule has 0 spiro atoms. The van der Waals surface area contributed by atoms with Crippen molar-refractivity contribution in [3.05, 3.63) is 73.7 Å². The number of aromatic nitrogens is 2. The Labute approximate surface area is 203 Å². The number of carbonyl (C=O) groups is 1. The van der Waals surface area contributed by atoms with Gasteiger partial charge in [-0.1, -0.05) is 23.7 Å². The van der Waals surface area contributed by atoms with Crippen molar-refractivity contribution in [2.45, 2.75) is 38.6 Å². The lowest BCUT2D eigenvalue weighted by Crippen LogP contribution is -3.11. The molecule has 0 saturated carbocycles. The number of amides is 1. The van der Waals surface area contributed by atoms with Gasteiger partial charge in [-0.15, -0.1) is 0 Å². The summed E-state index contributed by atoms with van der Waals surface area (Å²) in [5.41, 5.74) is 1.83. The second kappa shape index (κ2) is 11.1. The Morgan fingerprint density at radius 1 is 1.09 bits per heavy atom. The van der Waals surface area contributed by atoms with Crippen LogP contribution >= 0.6 is 23.8 Å². The van der Waals surface area contributed by atoms with Crippen LogP contribution in [0.25, 0.3) is 10.9 Å². The van der Waals surface area contributed by atoms with Gasteiger partial charge in [-0.3, -0.25) is 14.2 Å². The maximum absolute atomic E-state index is 13.0. The van der Waals surface area contributed by atoms with Crippen LogP contribution in [-0.4, -0.2) is 41.6 Å². The fourth-order valence-electron chi connectivity index (χ4n) is 4.43. The van der Waals surface area contributed by atoms with Crippen LogP contribution < -0.4 is 15.8 Å². The fourth-order valence-corrected chi connectivity index (χ4v) is 4.82. The van der Waals surface area contributed by atoms with E-state index in [9.17, 15) is 9.59 Å². The molecule has 174 valence electrons. The summed E-state index contributed by atoms with van der Waals surface area (Å²) in [5.74, 6) is -0.132. The summed E-state index contributed by atoms with van der Waals surface area (Å²) in [7, 11) is 0. The summed E-state index contributed by atoms with van der Waals surface area (Å²) in [4.78, 5) is 30.4. The van der Waals surface area contributed by atoms with Crippen LogP contribution in [0.2, 0.25) is 5.02 Å². The van der Waals surface area contributed by atoms with Gasteiger partial charge in [-0.25, -0.2) is 0 Å². The normalized spacial score (nSPS) is 14.8. The molecule has 1 amide bonds. The zero-order valence-corrected chi connectivity index (χ0v) is 20.2. The highest BCUT2D eigenvalue weighted by Gasteiger charge is 2.13. The Hall–Kier alpha value is -2.48. The molecule has 1 aliphatic heterocycles. The molecule has 0 bridgehead atoms. The number of likely N-dealkylation sites (tertiary alicyclic amines) is 1. The molecule has 1 fully saturated rings. The molecule has 2 aromatic carbocycles. The van der Waals surface area contributed by atoms with Gasteiger partial charge >= 0.3 is 0 Å². The van der Waals surface area contributed by atoms with Crippen LogP contribution in [0.1, 0.15) is 48.0 Å². The first-order chi connectivity index (χ1) is 16.0. The molecule has 0 atom stereocenters. The largest absolute Gasteiger partial charge is 0.352 e. The van der Waals surface area contributed by atoms with E-state index in [4.69, 9.17) is 23.8 Å². The second-order valence-electron chi connectivity index (χ2n) is 8.73. The Morgan fingerprint density at radius 2 is 1.82 bits per heavy atom. The molecular weight excluding hydrogens is 456 g/mol. The van der Waals surface area contributed by atoms with Crippen molar-refractivity contribution >= 4 is 40.6 Å². The zero-order valence-electron chi connectivity index (χ0n) is 18.7. The third kappa shape index (κ3) is 6.10. The number of carbonyl (C=O) groups excluding carboxylic acids is 1. The molecule has 1 saturated heterocycles. The Kier molecular flexibility index (Phi) is 7.96. The molecule has 0 aliphatic carbocycles. The highest BCUT2D eigenvalue weighted by molar-refractivity contribution is 7.71. The Balaban J connectivity index is 1.42. The van der Waals surface area contributed by atoms with E-state index >= 15 is 0 Å². The maximum atomic E-state index is 13.0. The Morgan fingerprint density at radius 3 is 2.55 bits per heavy atom. The highest BCUT2D eigenvalue weighted by atomic mass is 35.5. The first-order valence-electron chi connectivity index (χ1n) is 11.6. The lowest BCUT2D eigenvalue weighted by Gasteiger charge is -2.16. The molecule has 0 radical (unpaired) electrons. The van der Waals surface area contributed by atoms with E-state index in [1.54, 1.807) is 35.2 Å². The summed E-state index contributed by atoms with van der Waals surface area (Å²) < 4.78 is 1.84. The number of H-pyrrole nitrogens is 1. The van der Waals surface area contributed by atoms with E-state index < -0.39 is 0 Å². The minimum atomic E-state index is -0.184. The van der Waals surface area contributed by atoms with Crippen LogP contribution in [0.15, 0.2) is 47.3 Å². The standard InChI is InChI=1S/C25H29ClN4O2S/c26-20-9-6-18(7-10-20)17-30-24(32)21-11-8-19(16-22(21)28-25(30)33)23(31)27-12-5-15-29-13-3-1-2-4-14-29/h6-11,16H,1-5,12-15,17H2,(H,27,31)(H,28,33)/p+1. The topological polar surface area (TPSA) is 71.3 Å². The van der Waals surface area contributed by atoms with Crippen LogP contribution in [0.4, 0.5) is 0 Å². The van der Waals surface area contributed by atoms with Crippen LogP contribution in [0.5, 0.6) is 0 Å². The van der Waals surface area contributed by atoms with E-state index in [1.165, 1.54) is 43.3 Å². The number of nitrogens with zero attached hydrogens (tertiary/aromatic N) is 1. The lowest BCUT2D eigenvalue weighted by molar-refractivity contribution is -0.899. The average Bonchev–Trinajstić information content (AvgIpc) is 3.09. The molecule has 2 heterocycles. The predicted molar refractivity (Wildman–Crippen MR) is 135 cm³/mol. The molecule has 8 heteroatoms. The van der Waals surface area contributed by atoms with E-state index in [-0.39, 0.29) is 11.5 Å². The van der Waals surface area contributed by atoms with E-state index in [0.29, 0.717) is 39.3 Å². The van der Waals surface area contributed by atoms with Gasteiger partial charge in [0.25, 0.3) is 11.5 Å². The number of rotatable bonds is 7. The number of halogens is 1. The summed E-state index contributed by atoms with van der Waals surface area (Å²) in [6, 6.07) is 12.4. The van der Waals surface area contributed by atoms with Crippen molar-refractivity contribution in [1.82, 2.24) is 14.9 Å². The number of aromatic amines is 1. The second-order valence-corrected chi connectivity index (χ2v) is 9.56. The maximum Gasteiger partial charge on any atom is 0.262 e. The molecule has 6 nitrogen and oxygen atoms in total. The first-order valence-corrected chi connectivity index (χ1v) is 12.4. The molecule has 1 aliphatic rings. The zero-order chi connectivity index (χ0) is 23.2. The molecular formula is C25H30ClN4O2S+. The summed E-state index contributed by atoms with van der Waals surface area (Å²) in [6.07, 6.45) is 6.27. The number of nitrogens with one attached hydrogen (secondary N) is 3. The van der Waals surface area contributed by atoms with Crippen LogP contribution in [0.3, 0.4) is 0 Å². The molecule has 3 N–H and O–H groups in total. The number of benzene rings is 2. The van der Waals surface area contributed by atoms with Crippen molar-refractivity contribution in [3.8, 4) is 0 Å². The van der Waals surface area contributed by atoms with Gasteiger partial charge in [-0.05, 0) is 73.8 Å². The van der Waals surface area contributed by atoms with E-state index in [2.05, 4.69) is 10.3 Å². The van der Waals surface area contributed by atoms with Gasteiger partial charge in [-0.2, -0.15) is 0 Å². The third-order valence-corrected chi connectivity index (χ3v) is 6.88. The van der Waals surface area contributed by atoms with Crippen LogP contribution in [0, 0.1) is 4.77 Å². The number of hydrogen-bond donors (Lipinski definition) is 3. The van der Waals surface area contributed by atoms with Crippen molar-refractivity contribution in [2.75, 3.05) is 26.2 Å². The summed E-state index contributed by atoms with van der Waals surface area (Å²) in [5, 5.41) is 4.15. The molecule has 4 rings (SSSR count).